The molecule has 0 aromatic rings. The van der Waals surface area contributed by atoms with Gasteiger partial charge in [-0.25, -0.2) is 0 Å². The second kappa shape index (κ2) is 41.8. The van der Waals surface area contributed by atoms with Gasteiger partial charge in [0.05, 0.1) is 27.7 Å². The molecule has 59 heavy (non-hydrogen) atoms. The number of carbonyl (C=O) groups is 2. The molecule has 0 saturated carbocycles. The van der Waals surface area contributed by atoms with E-state index in [1.807, 2.05) is 21.1 Å². The van der Waals surface area contributed by atoms with Crippen LogP contribution in [0.4, 0.5) is 0 Å². The summed E-state index contributed by atoms with van der Waals surface area (Å²) in [5, 5.41) is 0. The molecule has 10 heteroatoms. The highest BCUT2D eigenvalue weighted by atomic mass is 31.2. The first-order valence-corrected chi connectivity index (χ1v) is 26.0. The van der Waals surface area contributed by atoms with E-state index in [1.54, 1.807) is 0 Å². The van der Waals surface area contributed by atoms with E-state index >= 15 is 0 Å². The number of rotatable bonds is 45. The van der Waals surface area contributed by atoms with Crippen molar-refractivity contribution in [3.05, 3.63) is 24.3 Å². The fraction of sp³-hybridized carbons (Fsp3) is 0.878. The molecule has 0 fully saturated rings. The Hall–Kier alpha value is -1.51. The highest BCUT2D eigenvalue weighted by molar-refractivity contribution is 7.45. The lowest BCUT2D eigenvalue weighted by atomic mass is 10.0. The third-order valence-electron chi connectivity index (χ3n) is 10.7. The van der Waals surface area contributed by atoms with Gasteiger partial charge in [0, 0.05) is 12.8 Å². The van der Waals surface area contributed by atoms with E-state index in [0.29, 0.717) is 17.4 Å². The summed E-state index contributed by atoms with van der Waals surface area (Å²) < 4.78 is 33.9. The number of hydrogen-bond donors (Lipinski definition) is 0. The van der Waals surface area contributed by atoms with Crippen LogP contribution < -0.4 is 4.89 Å². The van der Waals surface area contributed by atoms with Crippen LogP contribution in [-0.4, -0.2) is 70.0 Å². The fourth-order valence-corrected chi connectivity index (χ4v) is 7.56. The maximum Gasteiger partial charge on any atom is 0.306 e. The van der Waals surface area contributed by atoms with E-state index in [4.69, 9.17) is 18.5 Å². The van der Waals surface area contributed by atoms with Gasteiger partial charge in [-0.2, -0.15) is 0 Å². The molecule has 0 rings (SSSR count). The summed E-state index contributed by atoms with van der Waals surface area (Å²) in [4.78, 5) is 37.5. The molecule has 0 amide bonds. The summed E-state index contributed by atoms with van der Waals surface area (Å²) in [6, 6.07) is 0. The van der Waals surface area contributed by atoms with E-state index in [9.17, 15) is 19.0 Å². The molecule has 0 heterocycles. The van der Waals surface area contributed by atoms with Crippen LogP contribution in [0.1, 0.15) is 226 Å². The minimum absolute atomic E-state index is 0.0306. The van der Waals surface area contributed by atoms with Gasteiger partial charge in [0.25, 0.3) is 7.82 Å². The van der Waals surface area contributed by atoms with Crippen molar-refractivity contribution in [3.63, 3.8) is 0 Å². The third-order valence-corrected chi connectivity index (χ3v) is 11.6. The van der Waals surface area contributed by atoms with E-state index in [-0.39, 0.29) is 26.1 Å². The number of phosphoric acid groups is 1. The summed E-state index contributed by atoms with van der Waals surface area (Å²) in [5.41, 5.74) is 0. The highest BCUT2D eigenvalue weighted by Crippen LogP contribution is 2.38. The minimum atomic E-state index is -4.62. The topological polar surface area (TPSA) is 111 Å². The molecule has 0 N–H and O–H groups in total. The van der Waals surface area contributed by atoms with Gasteiger partial charge in [0.1, 0.15) is 19.8 Å². The van der Waals surface area contributed by atoms with Crippen molar-refractivity contribution in [2.45, 2.75) is 232 Å². The van der Waals surface area contributed by atoms with Crippen molar-refractivity contribution in [2.24, 2.45) is 0 Å². The lowest BCUT2D eigenvalue weighted by molar-refractivity contribution is -0.870. The molecular formula is C49H94NO8P. The first-order chi connectivity index (χ1) is 28.5. The van der Waals surface area contributed by atoms with Crippen LogP contribution in [0.15, 0.2) is 24.3 Å². The van der Waals surface area contributed by atoms with Crippen molar-refractivity contribution < 1.29 is 42.1 Å². The van der Waals surface area contributed by atoms with Gasteiger partial charge >= 0.3 is 11.9 Å². The molecule has 9 nitrogen and oxygen atoms in total. The summed E-state index contributed by atoms with van der Waals surface area (Å²) in [6.07, 6.45) is 46.5. The Morgan fingerprint density at radius 3 is 1.32 bits per heavy atom. The Bertz CT molecular complexity index is 1060. The van der Waals surface area contributed by atoms with Crippen LogP contribution in [0.2, 0.25) is 0 Å². The maximum absolute atomic E-state index is 12.7. The van der Waals surface area contributed by atoms with Crippen LogP contribution in [-0.2, 0) is 32.7 Å². The SMILES string of the molecule is CCC/C=C\CCCCCCCC(=O)OCC(COP(=O)([O-])OCC[N+](C)(C)C)OC(=O)CCCCCCCCCCCCCCC/C=C\CCCCCCCCCC. The summed E-state index contributed by atoms with van der Waals surface area (Å²) in [5.74, 6) is -0.840. The van der Waals surface area contributed by atoms with Crippen LogP contribution in [0.5, 0.6) is 0 Å². The average Bonchev–Trinajstić information content (AvgIpc) is 3.19. The van der Waals surface area contributed by atoms with Crippen LogP contribution >= 0.6 is 7.82 Å². The Labute approximate surface area is 364 Å². The number of carbonyl (C=O) groups excluding carboxylic acids is 2. The van der Waals surface area contributed by atoms with E-state index in [0.717, 1.165) is 64.2 Å². The molecule has 348 valence electrons. The Balaban J connectivity index is 4.12. The van der Waals surface area contributed by atoms with Crippen LogP contribution in [0, 0.1) is 0 Å². The number of allylic oxidation sites excluding steroid dienone is 4. The zero-order valence-electron chi connectivity index (χ0n) is 39.2. The minimum Gasteiger partial charge on any atom is -0.756 e. The molecule has 2 atom stereocenters. The maximum atomic E-state index is 12.7. The molecule has 0 bridgehead atoms. The molecule has 0 aliphatic heterocycles. The summed E-state index contributed by atoms with van der Waals surface area (Å²) >= 11 is 0. The lowest BCUT2D eigenvalue weighted by Gasteiger charge is -2.28. The zero-order valence-corrected chi connectivity index (χ0v) is 40.1. The van der Waals surface area contributed by atoms with Crippen LogP contribution in [0.25, 0.3) is 0 Å². The van der Waals surface area contributed by atoms with Crippen molar-refractivity contribution in [3.8, 4) is 0 Å². The van der Waals surface area contributed by atoms with Gasteiger partial charge in [0.15, 0.2) is 6.10 Å². The Morgan fingerprint density at radius 2 is 0.898 bits per heavy atom. The Morgan fingerprint density at radius 1 is 0.508 bits per heavy atom. The molecule has 0 aliphatic carbocycles. The number of esters is 2. The van der Waals surface area contributed by atoms with Gasteiger partial charge in [-0.3, -0.25) is 14.2 Å². The molecule has 0 saturated heterocycles. The van der Waals surface area contributed by atoms with Crippen molar-refractivity contribution in [2.75, 3.05) is 47.5 Å². The molecular weight excluding hydrogens is 762 g/mol. The second-order valence-electron chi connectivity index (χ2n) is 17.8. The summed E-state index contributed by atoms with van der Waals surface area (Å²) in [7, 11) is 1.17. The fourth-order valence-electron chi connectivity index (χ4n) is 6.83. The predicted molar refractivity (Wildman–Crippen MR) is 245 cm³/mol. The number of quaternary nitrogens is 1. The van der Waals surface area contributed by atoms with Gasteiger partial charge in [0.2, 0.25) is 0 Å². The highest BCUT2D eigenvalue weighted by Gasteiger charge is 2.21. The normalized spacial score (nSPS) is 13.7. The van der Waals surface area contributed by atoms with Crippen LogP contribution in [0.3, 0.4) is 0 Å². The average molecular weight is 856 g/mol. The van der Waals surface area contributed by atoms with E-state index in [1.165, 1.54) is 128 Å². The predicted octanol–water partition coefficient (Wildman–Crippen LogP) is 13.7. The standard InChI is InChI=1S/C49H94NO8P/c1-6-8-10-12-14-16-18-19-20-21-22-23-24-25-26-27-28-29-30-31-32-34-36-38-40-42-49(52)58-47(46-57-59(53,54)56-44-43-50(3,4)5)45-55-48(51)41-39-37-35-33-17-15-13-11-9-7-2/h11,13,21-22,47H,6-10,12,14-20,23-46H2,1-5H3/b13-11-,22-21-. The van der Waals surface area contributed by atoms with E-state index in [2.05, 4.69) is 38.2 Å². The molecule has 0 aromatic carbocycles. The smallest absolute Gasteiger partial charge is 0.306 e. The third kappa shape index (κ3) is 45.8. The number of nitrogens with zero attached hydrogens (tertiary/aromatic N) is 1. The molecule has 0 aliphatic rings. The summed E-state index contributed by atoms with van der Waals surface area (Å²) in [6.45, 7) is 4.17. The van der Waals surface area contributed by atoms with Gasteiger partial charge in [-0.1, -0.05) is 179 Å². The molecule has 0 spiro atoms. The monoisotopic (exact) mass is 856 g/mol. The second-order valence-corrected chi connectivity index (χ2v) is 19.2. The van der Waals surface area contributed by atoms with Gasteiger partial charge in [-0.15, -0.1) is 0 Å². The zero-order chi connectivity index (χ0) is 43.6. The van der Waals surface area contributed by atoms with Gasteiger partial charge in [-0.05, 0) is 57.8 Å². The molecule has 2 unspecified atom stereocenters. The van der Waals surface area contributed by atoms with Crippen molar-refractivity contribution in [1.82, 2.24) is 0 Å². The first-order valence-electron chi connectivity index (χ1n) is 24.5. The van der Waals surface area contributed by atoms with Gasteiger partial charge < -0.3 is 27.9 Å². The first kappa shape index (κ1) is 57.5. The number of hydrogen-bond acceptors (Lipinski definition) is 8. The van der Waals surface area contributed by atoms with Crippen molar-refractivity contribution in [1.29, 1.82) is 0 Å². The number of likely N-dealkylation sites (N-methyl/N-ethyl adjacent to an activating group) is 1. The van der Waals surface area contributed by atoms with E-state index < -0.39 is 32.5 Å². The quantitative estimate of drug-likeness (QED) is 0.0196. The molecule has 0 radical (unpaired) electrons. The largest absolute Gasteiger partial charge is 0.756 e. The number of ether oxygens (including phenoxy) is 2. The lowest BCUT2D eigenvalue weighted by Crippen LogP contribution is -2.37. The number of unbranched alkanes of at least 4 members (excludes halogenated alkanes) is 27. The molecule has 0 aromatic heterocycles. The Kier molecular flexibility index (Phi) is 40.8. The van der Waals surface area contributed by atoms with Crippen molar-refractivity contribution >= 4 is 19.8 Å². The number of phosphoric ester groups is 1.